The van der Waals surface area contributed by atoms with Crippen molar-refractivity contribution < 1.29 is 0 Å². The summed E-state index contributed by atoms with van der Waals surface area (Å²) < 4.78 is 0. The lowest BCUT2D eigenvalue weighted by Gasteiger charge is -2.45. The van der Waals surface area contributed by atoms with E-state index in [-0.39, 0.29) is 27.1 Å². The number of fused-ring (bicyclic) bond motifs is 15. The maximum atomic E-state index is 2.73. The van der Waals surface area contributed by atoms with Crippen molar-refractivity contribution in [1.29, 1.82) is 0 Å². The molecule has 1 nitrogen and oxygen atoms in total. The van der Waals surface area contributed by atoms with Gasteiger partial charge in [0.1, 0.15) is 0 Å². The molecule has 0 bridgehead atoms. The molecule has 342 valence electrons. The molecular weight excluding hydrogens is 831 g/mol. The van der Waals surface area contributed by atoms with Gasteiger partial charge in [-0.2, -0.15) is 0 Å². The van der Waals surface area contributed by atoms with Crippen LogP contribution < -0.4 is 4.90 Å². The topological polar surface area (TPSA) is 3.24 Å². The van der Waals surface area contributed by atoms with E-state index in [2.05, 4.69) is 238 Å². The standard InChI is InChI=1S/C68H65N/c1-63(2)34-35-65(5,6)59-38-42(30-33-55(59)63)49-40-50-47-23-14-18-27-54(47)68(52-25-16-12-21-45(52)46-22-13-17-26-53(46)68)58(50)41-61(49)69(60-29-19-28-56-62(60)66(7,8)37-36-64(56,3)4)43-31-32-48-44-20-11-15-24-51(44)67(9,10)57(48)39-43/h11-33,38-41H,34-37H2,1-10H3. The fourth-order valence-corrected chi connectivity index (χ4v) is 14.4. The molecule has 0 amide bonds. The van der Waals surface area contributed by atoms with Crippen molar-refractivity contribution in [3.8, 4) is 44.5 Å². The predicted molar refractivity (Wildman–Crippen MR) is 291 cm³/mol. The van der Waals surface area contributed by atoms with Crippen LogP contribution >= 0.6 is 0 Å². The zero-order chi connectivity index (χ0) is 47.6. The van der Waals surface area contributed by atoms with Gasteiger partial charge in [-0.1, -0.05) is 203 Å². The van der Waals surface area contributed by atoms with Crippen LogP contribution in [0.1, 0.15) is 151 Å². The van der Waals surface area contributed by atoms with Gasteiger partial charge in [0.05, 0.1) is 16.8 Å². The first-order valence-corrected chi connectivity index (χ1v) is 25.8. The Morgan fingerprint density at radius 2 is 0.797 bits per heavy atom. The van der Waals surface area contributed by atoms with Crippen LogP contribution in [-0.4, -0.2) is 0 Å². The first kappa shape index (κ1) is 42.6. The number of rotatable bonds is 4. The molecule has 1 spiro atoms. The van der Waals surface area contributed by atoms with Gasteiger partial charge < -0.3 is 4.90 Å². The first-order chi connectivity index (χ1) is 32.9. The van der Waals surface area contributed by atoms with Crippen LogP contribution in [-0.2, 0) is 32.5 Å². The van der Waals surface area contributed by atoms with E-state index in [0.29, 0.717) is 0 Å². The van der Waals surface area contributed by atoms with Gasteiger partial charge in [-0.25, -0.2) is 0 Å². The maximum absolute atomic E-state index is 2.73. The van der Waals surface area contributed by atoms with Crippen molar-refractivity contribution in [2.75, 3.05) is 4.90 Å². The summed E-state index contributed by atoms with van der Waals surface area (Å²) in [5.74, 6) is 0. The van der Waals surface area contributed by atoms with E-state index in [1.165, 1.54) is 130 Å². The van der Waals surface area contributed by atoms with Crippen molar-refractivity contribution >= 4 is 17.1 Å². The molecule has 8 aromatic carbocycles. The second-order valence-corrected chi connectivity index (χ2v) is 24.5. The lowest BCUT2D eigenvalue weighted by Crippen LogP contribution is -2.35. The Balaban J connectivity index is 1.19. The van der Waals surface area contributed by atoms with Crippen molar-refractivity contribution in [2.45, 2.75) is 127 Å². The molecule has 0 saturated carbocycles. The van der Waals surface area contributed by atoms with E-state index >= 15 is 0 Å². The number of hydrogen-bond donors (Lipinski definition) is 0. The molecule has 0 N–H and O–H groups in total. The summed E-state index contributed by atoms with van der Waals surface area (Å²) in [6.07, 6.45) is 4.65. The Morgan fingerprint density at radius 3 is 1.42 bits per heavy atom. The highest BCUT2D eigenvalue weighted by molar-refractivity contribution is 6.01. The third kappa shape index (κ3) is 5.71. The summed E-state index contributed by atoms with van der Waals surface area (Å²) in [6.45, 7) is 24.6. The van der Waals surface area contributed by atoms with Gasteiger partial charge in [0.25, 0.3) is 0 Å². The second kappa shape index (κ2) is 14.1. The molecule has 69 heavy (non-hydrogen) atoms. The molecule has 0 saturated heterocycles. The zero-order valence-corrected chi connectivity index (χ0v) is 42.4. The largest absolute Gasteiger partial charge is 0.310 e. The van der Waals surface area contributed by atoms with Crippen LogP contribution in [0.15, 0.2) is 164 Å². The van der Waals surface area contributed by atoms with E-state index in [9.17, 15) is 0 Å². The Kier molecular flexibility index (Phi) is 8.71. The van der Waals surface area contributed by atoms with Gasteiger partial charge in [-0.05, 0) is 172 Å². The van der Waals surface area contributed by atoms with Gasteiger partial charge in [0, 0.05) is 16.7 Å². The molecule has 0 heterocycles. The van der Waals surface area contributed by atoms with Crippen LogP contribution in [0.25, 0.3) is 44.5 Å². The molecule has 1 heteroatoms. The fourth-order valence-electron chi connectivity index (χ4n) is 14.4. The Hall–Kier alpha value is -6.44. The van der Waals surface area contributed by atoms with Crippen LogP contribution in [0.4, 0.5) is 17.1 Å². The van der Waals surface area contributed by atoms with Gasteiger partial charge in [0.15, 0.2) is 0 Å². The van der Waals surface area contributed by atoms with Gasteiger partial charge >= 0.3 is 0 Å². The summed E-state index contributed by atoms with van der Waals surface area (Å²) in [7, 11) is 0. The van der Waals surface area contributed by atoms with E-state index in [0.717, 1.165) is 12.8 Å². The molecule has 0 unspecified atom stereocenters. The average Bonchev–Trinajstić information content (AvgIpc) is 3.90. The molecule has 8 aromatic rings. The smallest absolute Gasteiger partial charge is 0.0726 e. The Bertz CT molecular complexity index is 3450. The lowest BCUT2D eigenvalue weighted by atomic mass is 9.62. The Morgan fingerprint density at radius 1 is 0.304 bits per heavy atom. The van der Waals surface area contributed by atoms with Crippen LogP contribution in [0.3, 0.4) is 0 Å². The summed E-state index contributed by atoms with van der Waals surface area (Å²) in [5.41, 5.74) is 28.0. The van der Waals surface area contributed by atoms with Crippen LogP contribution in [0, 0.1) is 0 Å². The highest BCUT2D eigenvalue weighted by atomic mass is 15.2. The molecule has 5 aliphatic carbocycles. The highest BCUT2D eigenvalue weighted by Crippen LogP contribution is 2.65. The average molecular weight is 896 g/mol. The normalized spacial score (nSPS) is 19.0. The molecule has 0 aliphatic heterocycles. The summed E-state index contributed by atoms with van der Waals surface area (Å²) in [5, 5.41) is 0. The maximum Gasteiger partial charge on any atom is 0.0726 e. The van der Waals surface area contributed by atoms with Gasteiger partial charge in [-0.15, -0.1) is 0 Å². The Labute approximate surface area is 411 Å². The highest BCUT2D eigenvalue weighted by Gasteiger charge is 2.52. The number of hydrogen-bond acceptors (Lipinski definition) is 1. The van der Waals surface area contributed by atoms with Crippen molar-refractivity contribution in [3.63, 3.8) is 0 Å². The minimum Gasteiger partial charge on any atom is -0.310 e. The molecular formula is C68H65N. The number of benzene rings is 8. The minimum absolute atomic E-state index is 0.0364. The van der Waals surface area contributed by atoms with Gasteiger partial charge in [-0.3, -0.25) is 0 Å². The lowest BCUT2D eigenvalue weighted by molar-refractivity contribution is 0.332. The monoisotopic (exact) mass is 896 g/mol. The van der Waals surface area contributed by atoms with Crippen molar-refractivity contribution in [1.82, 2.24) is 0 Å². The molecule has 0 radical (unpaired) electrons. The number of anilines is 3. The predicted octanol–water partition coefficient (Wildman–Crippen LogP) is 18.2. The second-order valence-electron chi connectivity index (χ2n) is 24.5. The summed E-state index contributed by atoms with van der Waals surface area (Å²) in [4.78, 5) is 2.73. The molecule has 0 fully saturated rings. The van der Waals surface area contributed by atoms with E-state index in [4.69, 9.17) is 0 Å². The van der Waals surface area contributed by atoms with E-state index in [1.807, 2.05) is 0 Å². The minimum atomic E-state index is -0.487. The zero-order valence-electron chi connectivity index (χ0n) is 42.4. The summed E-state index contributed by atoms with van der Waals surface area (Å²) in [6, 6.07) is 64.5. The van der Waals surface area contributed by atoms with E-state index < -0.39 is 5.41 Å². The fraction of sp³-hybridized carbons (Fsp3) is 0.294. The first-order valence-electron chi connectivity index (χ1n) is 25.8. The van der Waals surface area contributed by atoms with Gasteiger partial charge in [0.2, 0.25) is 0 Å². The van der Waals surface area contributed by atoms with Crippen LogP contribution in [0.2, 0.25) is 0 Å². The summed E-state index contributed by atoms with van der Waals surface area (Å²) >= 11 is 0. The third-order valence-electron chi connectivity index (χ3n) is 18.4. The molecule has 5 aliphatic rings. The molecule has 0 atom stereocenters. The SMILES string of the molecule is CC1(C)CCC(C)(C)c2cc(-c3cc4c(cc3N(c3ccc5c(c3)C(C)(C)c3ccccc3-5)c3cccc5c3C(C)(C)CCC5(C)C)C3(c5ccccc5-c5ccccc53)c3ccccc3-4)ccc21. The van der Waals surface area contributed by atoms with Crippen molar-refractivity contribution in [3.05, 3.63) is 219 Å². The quantitative estimate of drug-likeness (QED) is 0.170. The van der Waals surface area contributed by atoms with Crippen LogP contribution in [0.5, 0.6) is 0 Å². The van der Waals surface area contributed by atoms with E-state index in [1.54, 1.807) is 0 Å². The van der Waals surface area contributed by atoms with Crippen molar-refractivity contribution in [2.24, 2.45) is 0 Å². The number of nitrogens with zero attached hydrogens (tertiary/aromatic N) is 1. The molecule has 0 aromatic heterocycles. The molecule has 13 rings (SSSR count). The third-order valence-corrected chi connectivity index (χ3v) is 18.4.